The maximum atomic E-state index is 12.8. The van der Waals surface area contributed by atoms with E-state index in [1.807, 2.05) is 56.3 Å². The highest BCUT2D eigenvalue weighted by molar-refractivity contribution is 14.1. The van der Waals surface area contributed by atoms with Gasteiger partial charge in [-0.2, -0.15) is 0 Å². The van der Waals surface area contributed by atoms with Gasteiger partial charge in [0.25, 0.3) is 11.8 Å². The SMILES string of the molecule is Cc1ccc(C(=O)Nc2ccccc2C(=O)NC(C)c2ccccc2)c(I)c1. The second-order valence-corrected chi connectivity index (χ2v) is 7.75. The Kier molecular flexibility index (Phi) is 6.46. The fourth-order valence-corrected chi connectivity index (χ4v) is 3.80. The van der Waals surface area contributed by atoms with Gasteiger partial charge in [0.15, 0.2) is 0 Å². The third kappa shape index (κ3) is 4.78. The van der Waals surface area contributed by atoms with Crippen LogP contribution in [0, 0.1) is 10.5 Å². The average molecular weight is 484 g/mol. The molecule has 3 rings (SSSR count). The lowest BCUT2D eigenvalue weighted by Crippen LogP contribution is -2.28. The van der Waals surface area contributed by atoms with Crippen molar-refractivity contribution in [3.63, 3.8) is 0 Å². The Morgan fingerprint density at radius 3 is 2.25 bits per heavy atom. The van der Waals surface area contributed by atoms with Gasteiger partial charge in [0.1, 0.15) is 0 Å². The predicted molar refractivity (Wildman–Crippen MR) is 121 cm³/mol. The van der Waals surface area contributed by atoms with Crippen LogP contribution in [0.3, 0.4) is 0 Å². The highest BCUT2D eigenvalue weighted by atomic mass is 127. The van der Waals surface area contributed by atoms with Crippen molar-refractivity contribution in [2.75, 3.05) is 5.32 Å². The lowest BCUT2D eigenvalue weighted by atomic mass is 10.1. The zero-order valence-electron chi connectivity index (χ0n) is 15.7. The van der Waals surface area contributed by atoms with E-state index in [0.29, 0.717) is 16.8 Å². The number of aryl methyl sites for hydroxylation is 1. The van der Waals surface area contributed by atoms with E-state index in [0.717, 1.165) is 14.7 Å². The van der Waals surface area contributed by atoms with Crippen LogP contribution in [0.25, 0.3) is 0 Å². The van der Waals surface area contributed by atoms with Crippen molar-refractivity contribution in [3.8, 4) is 0 Å². The quantitative estimate of drug-likeness (QED) is 0.481. The molecule has 0 bridgehead atoms. The summed E-state index contributed by atoms with van der Waals surface area (Å²) in [4.78, 5) is 25.5. The number of para-hydroxylation sites is 1. The molecule has 28 heavy (non-hydrogen) atoms. The third-order valence-electron chi connectivity index (χ3n) is 4.44. The number of anilines is 1. The molecule has 3 aromatic carbocycles. The van der Waals surface area contributed by atoms with Gasteiger partial charge in [-0.15, -0.1) is 0 Å². The number of hydrogen-bond acceptors (Lipinski definition) is 2. The van der Waals surface area contributed by atoms with Crippen LogP contribution in [0.1, 0.15) is 44.8 Å². The minimum Gasteiger partial charge on any atom is -0.345 e. The second kappa shape index (κ2) is 9.01. The van der Waals surface area contributed by atoms with Gasteiger partial charge < -0.3 is 10.6 Å². The fourth-order valence-electron chi connectivity index (χ4n) is 2.88. The van der Waals surface area contributed by atoms with E-state index in [-0.39, 0.29) is 17.9 Å². The van der Waals surface area contributed by atoms with Crippen LogP contribution in [0.4, 0.5) is 5.69 Å². The van der Waals surface area contributed by atoms with Crippen molar-refractivity contribution < 1.29 is 9.59 Å². The summed E-state index contributed by atoms with van der Waals surface area (Å²) in [6, 6.07) is 22.3. The van der Waals surface area contributed by atoms with Gasteiger partial charge >= 0.3 is 0 Å². The largest absolute Gasteiger partial charge is 0.345 e. The Morgan fingerprint density at radius 2 is 1.54 bits per heavy atom. The molecule has 1 unspecified atom stereocenters. The molecule has 0 radical (unpaired) electrons. The lowest BCUT2D eigenvalue weighted by Gasteiger charge is -2.16. The van der Waals surface area contributed by atoms with Gasteiger partial charge in [-0.25, -0.2) is 0 Å². The van der Waals surface area contributed by atoms with E-state index in [1.165, 1.54) is 0 Å². The van der Waals surface area contributed by atoms with Crippen LogP contribution in [-0.2, 0) is 0 Å². The molecular weight excluding hydrogens is 463 g/mol. The van der Waals surface area contributed by atoms with E-state index in [1.54, 1.807) is 30.3 Å². The van der Waals surface area contributed by atoms with Crippen LogP contribution in [0.15, 0.2) is 72.8 Å². The van der Waals surface area contributed by atoms with E-state index < -0.39 is 0 Å². The molecular formula is C23H21IN2O2. The second-order valence-electron chi connectivity index (χ2n) is 6.59. The predicted octanol–water partition coefficient (Wildman–Crippen LogP) is 5.34. The molecule has 0 aliphatic carbocycles. The fraction of sp³-hybridized carbons (Fsp3) is 0.130. The molecule has 1 atom stereocenters. The van der Waals surface area contributed by atoms with Crippen molar-refractivity contribution in [2.45, 2.75) is 19.9 Å². The first kappa shape index (κ1) is 20.1. The number of amides is 2. The highest BCUT2D eigenvalue weighted by Gasteiger charge is 2.17. The molecule has 0 saturated carbocycles. The summed E-state index contributed by atoms with van der Waals surface area (Å²) in [7, 11) is 0. The van der Waals surface area contributed by atoms with Gasteiger partial charge in [-0.3, -0.25) is 9.59 Å². The Bertz CT molecular complexity index is 1000. The summed E-state index contributed by atoms with van der Waals surface area (Å²) >= 11 is 2.15. The summed E-state index contributed by atoms with van der Waals surface area (Å²) in [6.07, 6.45) is 0. The van der Waals surface area contributed by atoms with E-state index >= 15 is 0 Å². The summed E-state index contributed by atoms with van der Waals surface area (Å²) in [5.41, 5.74) is 3.61. The number of carbonyl (C=O) groups is 2. The maximum Gasteiger partial charge on any atom is 0.256 e. The topological polar surface area (TPSA) is 58.2 Å². The molecule has 0 aromatic heterocycles. The number of nitrogens with one attached hydrogen (secondary N) is 2. The standard InChI is InChI=1S/C23H21IN2O2/c1-15-12-13-18(20(24)14-15)22(27)26-21-11-7-6-10-19(21)23(28)25-16(2)17-8-4-3-5-9-17/h3-14,16H,1-2H3,(H,25,28)(H,26,27). The first-order valence-electron chi connectivity index (χ1n) is 8.98. The molecule has 2 N–H and O–H groups in total. The highest BCUT2D eigenvalue weighted by Crippen LogP contribution is 2.21. The minimum absolute atomic E-state index is 0.143. The Labute approximate surface area is 178 Å². The van der Waals surface area contributed by atoms with Crippen molar-refractivity contribution in [2.24, 2.45) is 0 Å². The molecule has 0 fully saturated rings. The van der Waals surface area contributed by atoms with Crippen molar-refractivity contribution in [1.82, 2.24) is 5.32 Å². The van der Waals surface area contributed by atoms with E-state index in [2.05, 4.69) is 33.2 Å². The molecule has 4 nitrogen and oxygen atoms in total. The third-order valence-corrected chi connectivity index (χ3v) is 5.33. The summed E-state index contributed by atoms with van der Waals surface area (Å²) in [5.74, 6) is -0.466. The summed E-state index contributed by atoms with van der Waals surface area (Å²) < 4.78 is 0.870. The number of rotatable bonds is 5. The molecule has 3 aromatic rings. The molecule has 0 aliphatic rings. The first-order valence-corrected chi connectivity index (χ1v) is 10.1. The zero-order chi connectivity index (χ0) is 20.1. The smallest absolute Gasteiger partial charge is 0.256 e. The van der Waals surface area contributed by atoms with Crippen LogP contribution < -0.4 is 10.6 Å². The number of hydrogen-bond donors (Lipinski definition) is 2. The van der Waals surface area contributed by atoms with Crippen LogP contribution in [0.5, 0.6) is 0 Å². The van der Waals surface area contributed by atoms with Crippen molar-refractivity contribution in [3.05, 3.63) is 98.6 Å². The molecule has 0 heterocycles. The lowest BCUT2D eigenvalue weighted by molar-refractivity contribution is 0.0941. The maximum absolute atomic E-state index is 12.8. The number of halogens is 1. The minimum atomic E-state index is -0.235. The number of benzene rings is 3. The van der Waals surface area contributed by atoms with Crippen molar-refractivity contribution in [1.29, 1.82) is 0 Å². The molecule has 0 spiro atoms. The zero-order valence-corrected chi connectivity index (χ0v) is 17.9. The normalized spacial score (nSPS) is 11.5. The van der Waals surface area contributed by atoms with Crippen LogP contribution >= 0.6 is 22.6 Å². The Hall–Kier alpha value is -2.67. The Morgan fingerprint density at radius 1 is 0.857 bits per heavy atom. The summed E-state index contributed by atoms with van der Waals surface area (Å²) in [5, 5.41) is 5.87. The molecule has 5 heteroatoms. The van der Waals surface area contributed by atoms with Gasteiger partial charge in [0.2, 0.25) is 0 Å². The van der Waals surface area contributed by atoms with Gasteiger partial charge in [0.05, 0.1) is 22.9 Å². The van der Waals surface area contributed by atoms with Crippen LogP contribution in [-0.4, -0.2) is 11.8 Å². The van der Waals surface area contributed by atoms with E-state index in [4.69, 9.17) is 0 Å². The average Bonchev–Trinajstić information content (AvgIpc) is 2.68. The Balaban J connectivity index is 1.79. The van der Waals surface area contributed by atoms with E-state index in [9.17, 15) is 9.59 Å². The van der Waals surface area contributed by atoms with Gasteiger partial charge in [-0.1, -0.05) is 54.1 Å². The van der Waals surface area contributed by atoms with Gasteiger partial charge in [-0.05, 0) is 66.3 Å². The molecule has 2 amide bonds. The monoisotopic (exact) mass is 484 g/mol. The first-order chi connectivity index (χ1) is 13.5. The van der Waals surface area contributed by atoms with Crippen LogP contribution in [0.2, 0.25) is 0 Å². The molecule has 0 saturated heterocycles. The molecule has 0 aliphatic heterocycles. The summed E-state index contributed by atoms with van der Waals surface area (Å²) in [6.45, 7) is 3.92. The number of carbonyl (C=O) groups excluding carboxylic acids is 2. The molecule has 142 valence electrons. The van der Waals surface area contributed by atoms with Gasteiger partial charge in [0, 0.05) is 3.57 Å². The van der Waals surface area contributed by atoms with Crippen molar-refractivity contribution >= 4 is 40.1 Å².